The van der Waals surface area contributed by atoms with Gasteiger partial charge in [0.15, 0.2) is 0 Å². The second-order valence-corrected chi connectivity index (χ2v) is 5.51. The minimum absolute atomic E-state index is 0.0608. The summed E-state index contributed by atoms with van der Waals surface area (Å²) in [6.07, 6.45) is -4.73. The third-order valence-electron chi connectivity index (χ3n) is 3.06. The number of benzene rings is 2. The lowest BCUT2D eigenvalue weighted by Gasteiger charge is -2.13. The van der Waals surface area contributed by atoms with Gasteiger partial charge in [-0.25, -0.2) is 9.18 Å². The molecule has 0 aliphatic rings. The van der Waals surface area contributed by atoms with Crippen LogP contribution in [-0.4, -0.2) is 24.1 Å². The Morgan fingerprint density at radius 1 is 1.15 bits per heavy atom. The maximum atomic E-state index is 13.4. The summed E-state index contributed by atoms with van der Waals surface area (Å²) >= 11 is 5.71. The Morgan fingerprint density at radius 2 is 1.88 bits per heavy atom. The van der Waals surface area contributed by atoms with Crippen molar-refractivity contribution in [2.75, 3.05) is 17.2 Å². The van der Waals surface area contributed by atoms with Crippen LogP contribution in [0.25, 0.3) is 0 Å². The van der Waals surface area contributed by atoms with E-state index in [-0.39, 0.29) is 29.4 Å². The molecular formula is C16H13ClF4N2O3. The minimum Gasteiger partial charge on any atom is -0.406 e. The molecule has 2 rings (SSSR count). The Labute approximate surface area is 150 Å². The molecule has 0 fully saturated rings. The van der Waals surface area contributed by atoms with Gasteiger partial charge in [0.1, 0.15) is 11.6 Å². The number of rotatable bonds is 5. The lowest BCUT2D eigenvalue weighted by molar-refractivity contribution is -0.274. The zero-order valence-corrected chi connectivity index (χ0v) is 13.8. The van der Waals surface area contributed by atoms with Gasteiger partial charge < -0.3 is 20.5 Å². The van der Waals surface area contributed by atoms with Crippen LogP contribution in [0.5, 0.6) is 5.75 Å². The number of urea groups is 1. The highest BCUT2D eigenvalue weighted by atomic mass is 35.5. The molecule has 3 N–H and O–H groups in total. The summed E-state index contributed by atoms with van der Waals surface area (Å²) < 4.78 is 54.0. The number of carbonyl (C=O) groups is 1. The predicted molar refractivity (Wildman–Crippen MR) is 88.0 cm³/mol. The normalized spacial score (nSPS) is 11.2. The molecule has 0 unspecified atom stereocenters. The average molecular weight is 393 g/mol. The number of anilines is 2. The summed E-state index contributed by atoms with van der Waals surface area (Å²) in [6.45, 7) is -0.214. The van der Waals surface area contributed by atoms with Crippen LogP contribution in [0.2, 0.25) is 5.02 Å². The molecule has 0 aliphatic carbocycles. The van der Waals surface area contributed by atoms with Gasteiger partial charge in [0, 0.05) is 29.1 Å². The van der Waals surface area contributed by atoms with Gasteiger partial charge in [-0.2, -0.15) is 0 Å². The van der Waals surface area contributed by atoms with Crippen LogP contribution in [0.3, 0.4) is 0 Å². The zero-order chi connectivity index (χ0) is 19.3. The summed E-state index contributed by atoms with van der Waals surface area (Å²) in [4.78, 5) is 12.0. The van der Waals surface area contributed by atoms with E-state index < -0.39 is 24.0 Å². The fourth-order valence-electron chi connectivity index (χ4n) is 2.12. The number of amides is 2. The number of hydrogen-bond acceptors (Lipinski definition) is 3. The Hall–Kier alpha value is -2.52. The maximum Gasteiger partial charge on any atom is 0.573 e. The molecule has 0 saturated carbocycles. The summed E-state index contributed by atoms with van der Waals surface area (Å²) in [5, 5.41) is 13.5. The third-order valence-corrected chi connectivity index (χ3v) is 3.28. The van der Waals surface area contributed by atoms with E-state index >= 15 is 0 Å². The first kappa shape index (κ1) is 19.8. The first-order valence-corrected chi connectivity index (χ1v) is 7.58. The number of ether oxygens (including phenoxy) is 1. The minimum atomic E-state index is -4.91. The predicted octanol–water partition coefficient (Wildman–Crippen LogP) is 4.56. The van der Waals surface area contributed by atoms with Crippen molar-refractivity contribution in [1.82, 2.24) is 0 Å². The third kappa shape index (κ3) is 6.08. The lowest BCUT2D eigenvalue weighted by Crippen LogP contribution is -2.21. The molecule has 2 aromatic rings. The second kappa shape index (κ2) is 8.24. The fourth-order valence-corrected chi connectivity index (χ4v) is 2.34. The van der Waals surface area contributed by atoms with Gasteiger partial charge in [0.2, 0.25) is 0 Å². The van der Waals surface area contributed by atoms with Crippen LogP contribution in [0.4, 0.5) is 33.7 Å². The number of alkyl halides is 3. The number of nitrogens with one attached hydrogen (secondary N) is 2. The van der Waals surface area contributed by atoms with E-state index in [0.717, 1.165) is 18.2 Å². The largest absolute Gasteiger partial charge is 0.573 e. The molecule has 2 amide bonds. The Kier molecular flexibility index (Phi) is 6.27. The molecule has 0 aromatic heterocycles. The van der Waals surface area contributed by atoms with Crippen LogP contribution in [0.1, 0.15) is 5.56 Å². The van der Waals surface area contributed by atoms with Crippen molar-refractivity contribution in [2.45, 2.75) is 12.8 Å². The second-order valence-electron chi connectivity index (χ2n) is 5.08. The lowest BCUT2D eigenvalue weighted by atomic mass is 10.1. The Balaban J connectivity index is 2.14. The van der Waals surface area contributed by atoms with Gasteiger partial charge in [0.25, 0.3) is 0 Å². The van der Waals surface area contributed by atoms with Crippen molar-refractivity contribution in [3.8, 4) is 5.75 Å². The van der Waals surface area contributed by atoms with Crippen LogP contribution in [0, 0.1) is 5.82 Å². The van der Waals surface area contributed by atoms with E-state index in [9.17, 15) is 22.4 Å². The number of aliphatic hydroxyl groups is 1. The quantitative estimate of drug-likeness (QED) is 0.653. The number of hydrogen-bond donors (Lipinski definition) is 3. The smallest absolute Gasteiger partial charge is 0.406 e. The maximum absolute atomic E-state index is 13.4. The molecule has 0 radical (unpaired) electrons. The molecule has 2 aromatic carbocycles. The molecule has 0 bridgehead atoms. The number of halogens is 5. The van der Waals surface area contributed by atoms with Gasteiger partial charge in [-0.3, -0.25) is 0 Å². The fraction of sp³-hybridized carbons (Fsp3) is 0.188. The van der Waals surface area contributed by atoms with Crippen molar-refractivity contribution in [3.63, 3.8) is 0 Å². The molecule has 26 heavy (non-hydrogen) atoms. The van der Waals surface area contributed by atoms with Gasteiger partial charge in [-0.1, -0.05) is 17.7 Å². The molecule has 0 atom stereocenters. The molecule has 5 nitrogen and oxygen atoms in total. The van der Waals surface area contributed by atoms with E-state index in [1.165, 1.54) is 18.2 Å². The van der Waals surface area contributed by atoms with Crippen molar-refractivity contribution >= 4 is 29.0 Å². The Morgan fingerprint density at radius 3 is 2.54 bits per heavy atom. The molecule has 10 heteroatoms. The molecule has 0 saturated heterocycles. The van der Waals surface area contributed by atoms with Crippen LogP contribution in [0.15, 0.2) is 36.4 Å². The molecule has 0 aliphatic heterocycles. The van der Waals surface area contributed by atoms with Crippen molar-refractivity contribution in [2.24, 2.45) is 0 Å². The summed E-state index contributed by atoms with van der Waals surface area (Å²) in [5.74, 6) is -1.21. The molecule has 0 spiro atoms. The van der Waals surface area contributed by atoms with E-state index in [2.05, 4.69) is 15.4 Å². The van der Waals surface area contributed by atoms with Crippen molar-refractivity contribution in [1.29, 1.82) is 0 Å². The highest BCUT2D eigenvalue weighted by Gasteiger charge is 2.31. The summed E-state index contributed by atoms with van der Waals surface area (Å²) in [6, 6.07) is 5.87. The standard InChI is InChI=1S/C16H13ClF4N2O3/c17-10-5-12(8-13(6-10)26-16(19,20)21)22-15(25)23-14-7-11(18)2-1-9(14)3-4-24/h1-2,5-8,24H,3-4H2,(H2,22,23,25). The van der Waals surface area contributed by atoms with E-state index in [1.807, 2.05) is 0 Å². The zero-order valence-electron chi connectivity index (χ0n) is 13.0. The topological polar surface area (TPSA) is 70.6 Å². The highest BCUT2D eigenvalue weighted by Crippen LogP contribution is 2.29. The monoisotopic (exact) mass is 392 g/mol. The first-order chi connectivity index (χ1) is 12.2. The highest BCUT2D eigenvalue weighted by molar-refractivity contribution is 6.31. The van der Waals surface area contributed by atoms with E-state index in [4.69, 9.17) is 16.7 Å². The number of carbonyl (C=O) groups excluding carboxylic acids is 1. The van der Waals surface area contributed by atoms with Crippen LogP contribution < -0.4 is 15.4 Å². The van der Waals surface area contributed by atoms with Gasteiger partial charge in [0.05, 0.1) is 0 Å². The molecular weight excluding hydrogens is 380 g/mol. The van der Waals surface area contributed by atoms with Gasteiger partial charge >= 0.3 is 12.4 Å². The van der Waals surface area contributed by atoms with Crippen LogP contribution >= 0.6 is 11.6 Å². The van der Waals surface area contributed by atoms with Crippen LogP contribution in [-0.2, 0) is 6.42 Å². The van der Waals surface area contributed by atoms with Crippen molar-refractivity contribution in [3.05, 3.63) is 52.8 Å². The number of aliphatic hydroxyl groups excluding tert-OH is 1. The van der Waals surface area contributed by atoms with E-state index in [0.29, 0.717) is 5.56 Å². The van der Waals surface area contributed by atoms with E-state index in [1.54, 1.807) is 0 Å². The van der Waals surface area contributed by atoms with Gasteiger partial charge in [-0.15, -0.1) is 13.2 Å². The first-order valence-electron chi connectivity index (χ1n) is 7.20. The average Bonchev–Trinajstić information content (AvgIpc) is 2.47. The summed E-state index contributed by atoms with van der Waals surface area (Å²) in [7, 11) is 0. The summed E-state index contributed by atoms with van der Waals surface area (Å²) in [5.41, 5.74) is 0.538. The van der Waals surface area contributed by atoms with Crippen molar-refractivity contribution < 1.29 is 32.2 Å². The molecule has 140 valence electrons. The Bertz CT molecular complexity index is 800. The molecule has 0 heterocycles. The van der Waals surface area contributed by atoms with Gasteiger partial charge in [-0.05, 0) is 36.2 Å². The SMILES string of the molecule is O=C(Nc1cc(Cl)cc(OC(F)(F)F)c1)Nc1cc(F)ccc1CCO.